The Bertz CT molecular complexity index is 2500. The molecule has 3 saturated heterocycles. The minimum absolute atomic E-state index is 0.149. The second-order valence-electron chi connectivity index (χ2n) is 20.3. The van der Waals surface area contributed by atoms with Crippen LogP contribution in [0.5, 0.6) is 0 Å². The highest BCUT2D eigenvalue weighted by Crippen LogP contribution is 2.42. The van der Waals surface area contributed by atoms with E-state index in [1.807, 2.05) is 37.1 Å². The number of nitrogens with one attached hydrogen (secondary N) is 2. The summed E-state index contributed by atoms with van der Waals surface area (Å²) in [7, 11) is 5.81. The number of cyclic esters (lactones) is 1. The number of piperidine rings is 1. The number of quaternary nitrogens is 1. The van der Waals surface area contributed by atoms with Crippen LogP contribution in [0, 0.1) is 11.3 Å². The molecule has 7 heterocycles. The van der Waals surface area contributed by atoms with E-state index in [-0.39, 0.29) is 46.4 Å². The van der Waals surface area contributed by atoms with Crippen molar-refractivity contribution in [1.29, 1.82) is 0 Å². The lowest BCUT2D eigenvalue weighted by Crippen LogP contribution is -2.66. The van der Waals surface area contributed by atoms with Gasteiger partial charge in [-0.3, -0.25) is 34.2 Å². The molecule has 367 valence electrons. The van der Waals surface area contributed by atoms with Crippen LogP contribution in [0.2, 0.25) is 0 Å². The minimum Gasteiger partial charge on any atom is -0.464 e. The molecule has 4 aliphatic heterocycles. The number of methoxy groups -OCH3 is 1. The second kappa shape index (κ2) is 20.7. The molecule has 1 aromatic carbocycles. The fraction of sp³-hybridized carbons (Fsp3) is 0.592. The van der Waals surface area contributed by atoms with Crippen LogP contribution >= 0.6 is 20.7 Å². The third-order valence-electron chi connectivity index (χ3n) is 14.4. The highest BCUT2D eigenvalue weighted by molar-refractivity contribution is 7.10. The number of urea groups is 1. The molecule has 4 aromatic rings. The number of amides is 4. The quantitative estimate of drug-likeness (QED) is 0.0988. The molecule has 8 rings (SSSR count). The van der Waals surface area contributed by atoms with Crippen LogP contribution in [-0.4, -0.2) is 151 Å². The monoisotopic (exact) mass is 987 g/mol. The molecule has 2 unspecified atom stereocenters. The van der Waals surface area contributed by atoms with Crippen molar-refractivity contribution in [2.45, 2.75) is 117 Å². The van der Waals surface area contributed by atoms with E-state index in [1.54, 1.807) is 20.4 Å². The van der Waals surface area contributed by atoms with Crippen molar-refractivity contribution in [3.05, 3.63) is 58.2 Å². The molecule has 3 aromatic heterocycles. The van der Waals surface area contributed by atoms with E-state index in [0.717, 1.165) is 70.7 Å². The molecule has 0 saturated carbocycles. The number of carbonyl (C=O) groups excluding carboxylic acids is 4. The lowest BCUT2D eigenvalue weighted by molar-refractivity contribution is -0.720. The van der Waals surface area contributed by atoms with Gasteiger partial charge in [-0.2, -0.15) is 0 Å². The van der Waals surface area contributed by atoms with Gasteiger partial charge in [-0.05, 0) is 82.8 Å². The van der Waals surface area contributed by atoms with Gasteiger partial charge in [0.2, 0.25) is 5.53 Å². The van der Waals surface area contributed by atoms with Gasteiger partial charge >= 0.3 is 12.0 Å². The smallest absolute Gasteiger partial charge is 0.420 e. The van der Waals surface area contributed by atoms with Crippen molar-refractivity contribution in [1.82, 2.24) is 39.8 Å². The average molecular weight is 988 g/mol. The van der Waals surface area contributed by atoms with Crippen molar-refractivity contribution in [3.8, 4) is 22.5 Å². The van der Waals surface area contributed by atoms with E-state index < -0.39 is 32.4 Å². The molecule has 5 atom stereocenters. The number of hydrogen-bond donors (Lipinski definition) is 2. The molecular formula is C49H70N9O7PSSi+. The molecule has 6 bridgehead atoms. The summed E-state index contributed by atoms with van der Waals surface area (Å²) in [4.78, 5) is 75.5. The van der Waals surface area contributed by atoms with Crippen molar-refractivity contribution in [2.24, 2.45) is 11.3 Å². The first-order chi connectivity index (χ1) is 32.4. The molecule has 68 heavy (non-hydrogen) atoms. The van der Waals surface area contributed by atoms with E-state index >= 15 is 0 Å². The molecule has 3 fully saturated rings. The first-order valence-electron chi connectivity index (χ1n) is 24.2. The Hall–Kier alpha value is -4.13. The number of nitrogens with zero attached hydrogens (tertiary/aromatic N) is 7. The lowest BCUT2D eigenvalue weighted by Gasteiger charge is -2.45. The fourth-order valence-electron chi connectivity index (χ4n) is 10.5. The number of aromatic nitrogens is 3. The number of ether oxygens (including phenoxy) is 3. The van der Waals surface area contributed by atoms with Crippen molar-refractivity contribution in [3.63, 3.8) is 0 Å². The predicted octanol–water partition coefficient (Wildman–Crippen LogP) is 6.72. The Kier molecular flexibility index (Phi) is 15.3. The zero-order chi connectivity index (χ0) is 48.7. The largest absolute Gasteiger partial charge is 0.464 e. The number of hydrogen-bond acceptors (Lipinski definition) is 12. The Morgan fingerprint density at radius 2 is 1.87 bits per heavy atom. The fourth-order valence-corrected chi connectivity index (χ4v) is 14.2. The van der Waals surface area contributed by atoms with E-state index in [0.29, 0.717) is 62.5 Å². The summed E-state index contributed by atoms with van der Waals surface area (Å²) in [5.41, 5.74) is 9.20. The maximum Gasteiger partial charge on any atom is 0.420 e. The van der Waals surface area contributed by atoms with Gasteiger partial charge in [0.15, 0.2) is 6.04 Å². The van der Waals surface area contributed by atoms with Gasteiger partial charge in [-0.25, -0.2) is 19.5 Å². The van der Waals surface area contributed by atoms with Crippen LogP contribution in [-0.2, 0) is 42.8 Å². The summed E-state index contributed by atoms with van der Waals surface area (Å²) in [5, 5.41) is 5.30. The van der Waals surface area contributed by atoms with Crippen LogP contribution < -0.4 is 10.4 Å². The number of likely N-dealkylation sites (N-methyl/N-ethyl adjacent to an activating group) is 2. The molecule has 1 radical (unpaired) electrons. The van der Waals surface area contributed by atoms with Crippen molar-refractivity contribution in [2.75, 3.05) is 60.7 Å². The van der Waals surface area contributed by atoms with Gasteiger partial charge in [0.25, 0.3) is 14.9 Å². The predicted molar refractivity (Wildman–Crippen MR) is 269 cm³/mol. The number of likely N-dealkylation sites (tertiary alicyclic amines) is 1. The SMILES string of the molecule is CCn1c(-c2cccnc2[C@H](C)OC)c2c3cc(ccc31)-c1csc(n1)C[Si](NC(=O)[C@H](C(C)C)[N+](C)(P)C(=O)N1CCC(N(C)C3COC3)CC1)C(=O)N1CCC[C@H](N1)C(=O)OCC(C)(C)C2. The van der Waals surface area contributed by atoms with Crippen LogP contribution in [0.25, 0.3) is 33.4 Å². The maximum absolute atomic E-state index is 14.8. The number of aryl methyl sites for hydroxylation is 1. The average Bonchev–Trinajstić information content (AvgIpc) is 3.90. The Labute approximate surface area is 408 Å². The number of rotatable bonds is 10. The highest BCUT2D eigenvalue weighted by atomic mass is 32.1. The first kappa shape index (κ1) is 50.3. The molecule has 0 aliphatic carbocycles. The molecule has 19 heteroatoms. The summed E-state index contributed by atoms with van der Waals surface area (Å²) in [6.45, 7) is 16.2. The molecule has 0 spiro atoms. The zero-order valence-corrected chi connectivity index (χ0v) is 44.1. The first-order valence-corrected chi connectivity index (χ1v) is 27.3. The van der Waals surface area contributed by atoms with E-state index in [2.05, 4.69) is 81.4 Å². The third kappa shape index (κ3) is 10.2. The highest BCUT2D eigenvalue weighted by Gasteiger charge is 2.48. The van der Waals surface area contributed by atoms with Gasteiger partial charge in [0.1, 0.15) is 6.04 Å². The van der Waals surface area contributed by atoms with Gasteiger partial charge < -0.3 is 23.8 Å². The van der Waals surface area contributed by atoms with E-state index in [1.165, 1.54) is 16.3 Å². The number of carbonyl (C=O) groups is 4. The van der Waals surface area contributed by atoms with Gasteiger partial charge in [-0.1, -0.05) is 33.8 Å². The number of esters is 1. The molecule has 2 N–H and O–H groups in total. The van der Waals surface area contributed by atoms with E-state index in [4.69, 9.17) is 24.2 Å². The van der Waals surface area contributed by atoms with E-state index in [9.17, 15) is 19.2 Å². The minimum atomic E-state index is -2.47. The molecule has 16 nitrogen and oxygen atoms in total. The lowest BCUT2D eigenvalue weighted by atomic mass is 9.84. The van der Waals surface area contributed by atoms with Gasteiger partial charge in [0, 0.05) is 90.3 Å². The summed E-state index contributed by atoms with van der Waals surface area (Å²) in [6.07, 6.45) is 4.90. The van der Waals surface area contributed by atoms with Gasteiger partial charge in [-0.15, -0.1) is 11.3 Å². The molecular weight excluding hydrogens is 918 g/mol. The number of pyridine rings is 1. The summed E-state index contributed by atoms with van der Waals surface area (Å²) < 4.78 is 19.5. The summed E-state index contributed by atoms with van der Waals surface area (Å²) >= 11 is 1.46. The second-order valence-corrected chi connectivity index (χ2v) is 24.3. The third-order valence-corrected chi connectivity index (χ3v) is 18.1. The topological polar surface area (TPSA) is 160 Å². The Balaban J connectivity index is 1.13. The normalized spacial score (nSPS) is 21.9. The molecule has 4 amide bonds. The van der Waals surface area contributed by atoms with Crippen LogP contribution in [0.4, 0.5) is 9.59 Å². The number of hydrazine groups is 1. The van der Waals surface area contributed by atoms with Crippen LogP contribution in [0.1, 0.15) is 89.6 Å². The summed E-state index contributed by atoms with van der Waals surface area (Å²) in [5.74, 6) is -1.05. The maximum atomic E-state index is 14.8. The number of fused-ring (bicyclic) bond motifs is 6. The standard InChI is InChI=1S/C49H70N9O7PSSi/c1-10-56-40-16-15-32-23-36(40)37(43(56)35-13-11-19-50-42(35)31(4)63-9)24-49(5,6)29-65-46(60)38-14-12-20-57(52-38)48(62)68(28-41-51-39(32)27-67-41)53-45(59)44(30(2)3)58(8,66)47(61)55-21-17-33(18-22-55)54(7)34-25-64-26-34/h11,13,15-16,19,23,27,30-31,33-34,38,44,52H,10,12,14,17-18,20-22,24-26,28-29,66H2,1-9H3,(H,53,59)/q+1/t31-,38-,44-,58?/m0/s1. The zero-order valence-electron chi connectivity index (χ0n) is 41.2. The van der Waals surface area contributed by atoms with Crippen molar-refractivity contribution >= 4 is 64.0 Å². The number of thiazole rings is 1. The Morgan fingerprint density at radius 3 is 2.54 bits per heavy atom. The Morgan fingerprint density at radius 1 is 1.12 bits per heavy atom. The molecule has 4 aliphatic rings. The van der Waals surface area contributed by atoms with Crippen LogP contribution in [0.3, 0.4) is 0 Å². The van der Waals surface area contributed by atoms with Crippen LogP contribution in [0.15, 0.2) is 41.9 Å². The number of benzene rings is 1. The van der Waals surface area contributed by atoms with Gasteiger partial charge in [0.05, 0.1) is 70.5 Å². The van der Waals surface area contributed by atoms with Crippen molar-refractivity contribution < 1.29 is 37.6 Å². The summed E-state index contributed by atoms with van der Waals surface area (Å²) in [6, 6.07) is 9.79.